The van der Waals surface area contributed by atoms with Crippen molar-refractivity contribution in [2.24, 2.45) is 0 Å². The number of aliphatic hydroxyl groups is 1. The third-order valence-electron chi connectivity index (χ3n) is 3.04. The third-order valence-corrected chi connectivity index (χ3v) is 4.28. The van der Waals surface area contributed by atoms with Gasteiger partial charge >= 0.3 is 0 Å². The molecule has 2 rings (SSSR count). The number of aryl methyl sites for hydroxylation is 1. The summed E-state index contributed by atoms with van der Waals surface area (Å²) in [7, 11) is 0. The highest BCUT2D eigenvalue weighted by atomic mass is 32.2. The fourth-order valence-electron chi connectivity index (χ4n) is 1.96. The van der Waals surface area contributed by atoms with Crippen LogP contribution in [0.3, 0.4) is 0 Å². The number of thioether (sulfide) groups is 1. The highest BCUT2D eigenvalue weighted by Gasteiger charge is 2.12. The Balaban J connectivity index is 2.21. The van der Waals surface area contributed by atoms with Crippen molar-refractivity contribution < 1.29 is 13.9 Å². The SMILES string of the molecule is CCN(CCSCCO)c1cc(=S)c2occ(C)c2o1. The van der Waals surface area contributed by atoms with Gasteiger partial charge in [-0.25, -0.2) is 0 Å². The maximum absolute atomic E-state index is 8.79. The molecule has 0 saturated heterocycles. The second-order valence-corrected chi connectivity index (χ2v) is 6.11. The summed E-state index contributed by atoms with van der Waals surface area (Å²) in [5, 5.41) is 8.79. The quantitative estimate of drug-likeness (QED) is 0.622. The zero-order valence-corrected chi connectivity index (χ0v) is 13.4. The highest BCUT2D eigenvalue weighted by molar-refractivity contribution is 7.99. The first-order chi connectivity index (χ1) is 9.67. The van der Waals surface area contributed by atoms with Gasteiger partial charge in [0.15, 0.2) is 17.1 Å². The normalized spacial score (nSPS) is 11.2. The summed E-state index contributed by atoms with van der Waals surface area (Å²) >= 11 is 7.08. The first-order valence-electron chi connectivity index (χ1n) is 6.62. The van der Waals surface area contributed by atoms with Crippen molar-refractivity contribution in [3.8, 4) is 0 Å². The fourth-order valence-corrected chi connectivity index (χ4v) is 2.89. The van der Waals surface area contributed by atoms with Crippen molar-refractivity contribution in [1.29, 1.82) is 0 Å². The number of rotatable bonds is 7. The van der Waals surface area contributed by atoms with Crippen LogP contribution in [0.25, 0.3) is 11.2 Å². The minimum atomic E-state index is 0.220. The van der Waals surface area contributed by atoms with Gasteiger partial charge in [0.25, 0.3) is 0 Å². The van der Waals surface area contributed by atoms with Gasteiger partial charge in [-0.15, -0.1) is 0 Å². The molecular weight excluding hydrogens is 294 g/mol. The first-order valence-corrected chi connectivity index (χ1v) is 8.19. The van der Waals surface area contributed by atoms with Gasteiger partial charge < -0.3 is 18.8 Å². The standard InChI is InChI=1S/C14H19NO3S2/c1-3-15(4-6-20-7-5-16)12-8-11(19)14-13(18-12)10(2)9-17-14/h8-9,16H,3-7H2,1-2H3. The number of aliphatic hydroxyl groups excluding tert-OH is 1. The van der Waals surface area contributed by atoms with Crippen LogP contribution in [0.1, 0.15) is 12.5 Å². The van der Waals surface area contributed by atoms with Crippen LogP contribution in [0.2, 0.25) is 0 Å². The van der Waals surface area contributed by atoms with E-state index in [9.17, 15) is 0 Å². The van der Waals surface area contributed by atoms with Crippen molar-refractivity contribution in [3.05, 3.63) is 22.4 Å². The van der Waals surface area contributed by atoms with E-state index < -0.39 is 0 Å². The molecule has 20 heavy (non-hydrogen) atoms. The second kappa shape index (κ2) is 7.15. The zero-order chi connectivity index (χ0) is 14.5. The van der Waals surface area contributed by atoms with Crippen LogP contribution in [0.15, 0.2) is 21.2 Å². The Kier molecular flexibility index (Phi) is 5.51. The van der Waals surface area contributed by atoms with Gasteiger partial charge in [0.1, 0.15) is 0 Å². The van der Waals surface area contributed by atoms with Gasteiger partial charge in [-0.2, -0.15) is 11.8 Å². The molecule has 0 aliphatic heterocycles. The Morgan fingerprint density at radius 3 is 2.85 bits per heavy atom. The smallest absolute Gasteiger partial charge is 0.197 e. The molecule has 2 heterocycles. The predicted molar refractivity (Wildman–Crippen MR) is 86.3 cm³/mol. The van der Waals surface area contributed by atoms with E-state index in [4.69, 9.17) is 26.2 Å². The molecule has 0 aromatic carbocycles. The minimum Gasteiger partial charge on any atom is -0.459 e. The number of fused-ring (bicyclic) bond motifs is 1. The summed E-state index contributed by atoms with van der Waals surface area (Å²) in [6, 6.07) is 1.85. The van der Waals surface area contributed by atoms with E-state index in [1.165, 1.54) is 0 Å². The maximum atomic E-state index is 8.79. The zero-order valence-electron chi connectivity index (χ0n) is 11.7. The molecule has 0 saturated carbocycles. The van der Waals surface area contributed by atoms with Crippen LogP contribution in [-0.4, -0.2) is 36.3 Å². The van der Waals surface area contributed by atoms with Gasteiger partial charge in [0, 0.05) is 36.2 Å². The molecule has 0 spiro atoms. The van der Waals surface area contributed by atoms with Crippen LogP contribution >= 0.6 is 24.0 Å². The Hall–Kier alpha value is -0.980. The molecule has 0 fully saturated rings. The van der Waals surface area contributed by atoms with Crippen molar-refractivity contribution >= 4 is 41.0 Å². The van der Waals surface area contributed by atoms with Gasteiger partial charge in [0.05, 0.1) is 17.4 Å². The average molecular weight is 313 g/mol. The summed E-state index contributed by atoms with van der Waals surface area (Å²) in [5.74, 6) is 2.49. The van der Waals surface area contributed by atoms with E-state index in [-0.39, 0.29) is 6.61 Å². The largest absolute Gasteiger partial charge is 0.459 e. The molecule has 0 unspecified atom stereocenters. The number of hydrogen-bond acceptors (Lipinski definition) is 6. The molecular formula is C14H19NO3S2. The molecule has 2 aromatic heterocycles. The van der Waals surface area contributed by atoms with Crippen molar-refractivity contribution in [3.63, 3.8) is 0 Å². The maximum Gasteiger partial charge on any atom is 0.197 e. The summed E-state index contributed by atoms with van der Waals surface area (Å²) < 4.78 is 12.0. The second-order valence-electron chi connectivity index (χ2n) is 4.44. The molecule has 2 aromatic rings. The molecule has 0 amide bonds. The highest BCUT2D eigenvalue weighted by Crippen LogP contribution is 2.27. The van der Waals surface area contributed by atoms with Crippen molar-refractivity contribution in [2.45, 2.75) is 13.8 Å². The molecule has 110 valence electrons. The lowest BCUT2D eigenvalue weighted by Gasteiger charge is -2.21. The van der Waals surface area contributed by atoms with E-state index in [1.54, 1.807) is 18.0 Å². The lowest BCUT2D eigenvalue weighted by molar-refractivity contribution is 0.322. The summed E-state index contributed by atoms with van der Waals surface area (Å²) in [4.78, 5) is 2.14. The van der Waals surface area contributed by atoms with E-state index in [2.05, 4.69) is 11.8 Å². The molecule has 0 aliphatic rings. The molecule has 0 bridgehead atoms. The molecule has 0 aliphatic carbocycles. The van der Waals surface area contributed by atoms with Gasteiger partial charge in [-0.05, 0) is 13.8 Å². The lowest BCUT2D eigenvalue weighted by atomic mass is 10.3. The van der Waals surface area contributed by atoms with Gasteiger partial charge in [-0.1, -0.05) is 12.2 Å². The van der Waals surface area contributed by atoms with Crippen molar-refractivity contribution in [2.75, 3.05) is 36.1 Å². The van der Waals surface area contributed by atoms with Crippen LogP contribution in [0.4, 0.5) is 5.88 Å². The third kappa shape index (κ3) is 3.37. The van der Waals surface area contributed by atoms with Crippen molar-refractivity contribution in [1.82, 2.24) is 0 Å². The van der Waals surface area contributed by atoms with Gasteiger partial charge in [-0.3, -0.25) is 0 Å². The molecule has 1 N–H and O–H groups in total. The monoisotopic (exact) mass is 313 g/mol. The van der Waals surface area contributed by atoms with Crippen LogP contribution in [0.5, 0.6) is 0 Å². The summed E-state index contributed by atoms with van der Waals surface area (Å²) in [6.07, 6.45) is 1.67. The topological polar surface area (TPSA) is 49.8 Å². The van der Waals surface area contributed by atoms with Crippen LogP contribution < -0.4 is 4.90 Å². The molecule has 6 heteroatoms. The number of furan rings is 1. The van der Waals surface area contributed by atoms with E-state index in [0.29, 0.717) is 10.1 Å². The van der Waals surface area contributed by atoms with Gasteiger partial charge in [0.2, 0.25) is 0 Å². The summed E-state index contributed by atoms with van der Waals surface area (Å²) in [6.45, 7) is 5.96. The Morgan fingerprint density at radius 2 is 2.15 bits per heavy atom. The van der Waals surface area contributed by atoms with E-state index in [1.807, 2.05) is 13.0 Å². The Bertz CT molecular complexity index is 620. The molecule has 0 atom stereocenters. The summed E-state index contributed by atoms with van der Waals surface area (Å²) in [5.41, 5.74) is 2.33. The van der Waals surface area contributed by atoms with E-state index in [0.717, 1.165) is 41.6 Å². The molecule has 4 nitrogen and oxygen atoms in total. The number of hydrogen-bond donors (Lipinski definition) is 1. The number of nitrogens with zero attached hydrogens (tertiary/aromatic N) is 1. The predicted octanol–water partition coefficient (Wildman–Crippen LogP) is 3.62. The first kappa shape index (κ1) is 15.4. The average Bonchev–Trinajstić information content (AvgIpc) is 2.81. The molecule has 0 radical (unpaired) electrons. The lowest BCUT2D eigenvalue weighted by Crippen LogP contribution is -2.25. The Labute approximate surface area is 127 Å². The van der Waals surface area contributed by atoms with Crippen LogP contribution in [0, 0.1) is 11.4 Å². The number of anilines is 1. The Morgan fingerprint density at radius 1 is 1.35 bits per heavy atom. The fraction of sp³-hybridized carbons (Fsp3) is 0.500. The van der Waals surface area contributed by atoms with E-state index >= 15 is 0 Å². The van der Waals surface area contributed by atoms with Crippen LogP contribution in [-0.2, 0) is 0 Å². The minimum absolute atomic E-state index is 0.220.